The van der Waals surface area contributed by atoms with E-state index in [1.54, 1.807) is 0 Å². The molecule has 3 nitrogen and oxygen atoms in total. The first-order valence-electron chi connectivity index (χ1n) is 8.23. The highest BCUT2D eigenvalue weighted by Crippen LogP contribution is 2.21. The van der Waals surface area contributed by atoms with E-state index in [0.717, 1.165) is 29.7 Å². The van der Waals surface area contributed by atoms with Crippen molar-refractivity contribution in [3.05, 3.63) is 60.2 Å². The van der Waals surface area contributed by atoms with Crippen LogP contribution in [-0.2, 0) is 0 Å². The van der Waals surface area contributed by atoms with Gasteiger partial charge in [-0.3, -0.25) is 4.79 Å². The van der Waals surface area contributed by atoms with Gasteiger partial charge in [0.25, 0.3) is 5.91 Å². The van der Waals surface area contributed by atoms with Gasteiger partial charge in [0.05, 0.1) is 0 Å². The number of amides is 1. The summed E-state index contributed by atoms with van der Waals surface area (Å²) < 4.78 is 0. The minimum Gasteiger partial charge on any atom is -0.267 e. The second kappa shape index (κ2) is 7.23. The Kier molecular flexibility index (Phi) is 4.86. The molecule has 0 saturated heterocycles. The molecular weight excluding hydrogens is 284 g/mol. The van der Waals surface area contributed by atoms with Gasteiger partial charge in [0.2, 0.25) is 0 Å². The maximum Gasteiger partial charge on any atom is 0.271 e. The summed E-state index contributed by atoms with van der Waals surface area (Å²) in [6.07, 6.45) is 4.42. The maximum absolute atomic E-state index is 12.2. The molecule has 1 saturated carbocycles. The fourth-order valence-electron chi connectivity index (χ4n) is 3.00. The quantitative estimate of drug-likeness (QED) is 0.824. The van der Waals surface area contributed by atoms with Crippen molar-refractivity contribution in [2.75, 3.05) is 0 Å². The zero-order valence-electron chi connectivity index (χ0n) is 13.5. The predicted molar refractivity (Wildman–Crippen MR) is 94.4 cm³/mol. The average molecular weight is 306 g/mol. The van der Waals surface area contributed by atoms with E-state index in [0.29, 0.717) is 11.5 Å². The lowest BCUT2D eigenvalue weighted by atomic mass is 9.89. The number of rotatable bonds is 3. The van der Waals surface area contributed by atoms with Gasteiger partial charge in [-0.2, -0.15) is 5.10 Å². The number of hydrazone groups is 1. The van der Waals surface area contributed by atoms with Crippen LogP contribution in [-0.4, -0.2) is 11.6 Å². The van der Waals surface area contributed by atoms with E-state index < -0.39 is 0 Å². The van der Waals surface area contributed by atoms with E-state index in [4.69, 9.17) is 0 Å². The van der Waals surface area contributed by atoms with E-state index in [1.807, 2.05) is 42.5 Å². The SMILES string of the molecule is C[C@H]1CCC/C(=N\NC(=O)c2ccc(-c3ccccc3)cc2)C1. The second-order valence-electron chi connectivity index (χ2n) is 6.26. The molecule has 1 aliphatic carbocycles. The molecule has 1 amide bonds. The van der Waals surface area contributed by atoms with Crippen LogP contribution in [0.15, 0.2) is 59.7 Å². The normalized spacial score (nSPS) is 19.5. The summed E-state index contributed by atoms with van der Waals surface area (Å²) in [6, 6.07) is 17.8. The van der Waals surface area contributed by atoms with Gasteiger partial charge in [-0.1, -0.05) is 49.4 Å². The number of nitrogens with zero attached hydrogens (tertiary/aromatic N) is 1. The van der Waals surface area contributed by atoms with Crippen LogP contribution in [0.2, 0.25) is 0 Å². The first kappa shape index (κ1) is 15.5. The Morgan fingerprint density at radius 3 is 2.43 bits per heavy atom. The molecule has 1 aliphatic rings. The zero-order valence-corrected chi connectivity index (χ0v) is 13.5. The molecule has 2 aromatic rings. The fraction of sp³-hybridized carbons (Fsp3) is 0.300. The van der Waals surface area contributed by atoms with Crippen molar-refractivity contribution in [1.29, 1.82) is 0 Å². The van der Waals surface area contributed by atoms with Gasteiger partial charge in [-0.05, 0) is 54.9 Å². The van der Waals surface area contributed by atoms with Crippen molar-refractivity contribution >= 4 is 11.6 Å². The first-order chi connectivity index (χ1) is 11.2. The van der Waals surface area contributed by atoms with E-state index in [9.17, 15) is 4.79 Å². The summed E-state index contributed by atoms with van der Waals surface area (Å²) in [5, 5.41) is 4.31. The van der Waals surface area contributed by atoms with Gasteiger partial charge in [0, 0.05) is 11.3 Å². The van der Waals surface area contributed by atoms with Crippen molar-refractivity contribution in [3.63, 3.8) is 0 Å². The average Bonchev–Trinajstić information content (AvgIpc) is 2.61. The third kappa shape index (κ3) is 4.07. The van der Waals surface area contributed by atoms with Crippen molar-refractivity contribution < 1.29 is 4.79 Å². The summed E-state index contributed by atoms with van der Waals surface area (Å²) in [6.45, 7) is 2.23. The van der Waals surface area contributed by atoms with Crippen LogP contribution in [0.3, 0.4) is 0 Å². The molecule has 0 bridgehead atoms. The van der Waals surface area contributed by atoms with Gasteiger partial charge in [0.15, 0.2) is 0 Å². The minimum atomic E-state index is -0.143. The maximum atomic E-state index is 12.2. The summed E-state index contributed by atoms with van der Waals surface area (Å²) in [5.41, 5.74) is 6.70. The lowest BCUT2D eigenvalue weighted by Gasteiger charge is -2.18. The highest BCUT2D eigenvalue weighted by molar-refractivity contribution is 5.96. The van der Waals surface area contributed by atoms with Crippen molar-refractivity contribution in [1.82, 2.24) is 5.43 Å². The third-order valence-electron chi connectivity index (χ3n) is 4.32. The molecule has 3 heteroatoms. The lowest BCUT2D eigenvalue weighted by Crippen LogP contribution is -2.22. The van der Waals surface area contributed by atoms with E-state index >= 15 is 0 Å². The van der Waals surface area contributed by atoms with Gasteiger partial charge in [-0.15, -0.1) is 0 Å². The van der Waals surface area contributed by atoms with Crippen LogP contribution in [0.4, 0.5) is 0 Å². The number of benzene rings is 2. The Hall–Kier alpha value is -2.42. The standard InChI is InChI=1S/C20H22N2O/c1-15-6-5-9-19(14-15)21-22-20(23)18-12-10-17(11-13-18)16-7-3-2-4-8-16/h2-4,7-8,10-13,15H,5-6,9,14H2,1H3,(H,22,23)/b21-19+/t15-/m0/s1. The van der Waals surface area contributed by atoms with Crippen LogP contribution in [0.1, 0.15) is 43.0 Å². The Morgan fingerprint density at radius 2 is 1.74 bits per heavy atom. The smallest absolute Gasteiger partial charge is 0.267 e. The number of hydrogen-bond acceptors (Lipinski definition) is 2. The van der Waals surface area contributed by atoms with E-state index in [1.165, 1.54) is 12.8 Å². The van der Waals surface area contributed by atoms with E-state index in [-0.39, 0.29) is 5.91 Å². The van der Waals surface area contributed by atoms with Crippen LogP contribution in [0, 0.1) is 5.92 Å². The largest absolute Gasteiger partial charge is 0.271 e. The van der Waals surface area contributed by atoms with Crippen molar-refractivity contribution in [3.8, 4) is 11.1 Å². The third-order valence-corrected chi connectivity index (χ3v) is 4.32. The molecule has 0 radical (unpaired) electrons. The monoisotopic (exact) mass is 306 g/mol. The topological polar surface area (TPSA) is 41.5 Å². The van der Waals surface area contributed by atoms with Crippen LogP contribution in [0.25, 0.3) is 11.1 Å². The van der Waals surface area contributed by atoms with Crippen molar-refractivity contribution in [2.45, 2.75) is 32.6 Å². The molecule has 118 valence electrons. The Bertz CT molecular complexity index is 689. The van der Waals surface area contributed by atoms with Gasteiger partial charge in [-0.25, -0.2) is 5.43 Å². The fourth-order valence-corrected chi connectivity index (χ4v) is 3.00. The van der Waals surface area contributed by atoms with Gasteiger partial charge >= 0.3 is 0 Å². The molecule has 0 spiro atoms. The van der Waals surface area contributed by atoms with Crippen LogP contribution in [0.5, 0.6) is 0 Å². The summed E-state index contributed by atoms with van der Waals surface area (Å²) in [5.74, 6) is 0.528. The highest BCUT2D eigenvalue weighted by atomic mass is 16.2. The van der Waals surface area contributed by atoms with Crippen LogP contribution < -0.4 is 5.43 Å². The zero-order chi connectivity index (χ0) is 16.1. The molecule has 0 unspecified atom stereocenters. The van der Waals surface area contributed by atoms with Gasteiger partial charge < -0.3 is 0 Å². The molecule has 3 rings (SSSR count). The number of carbonyl (C=O) groups is 1. The first-order valence-corrected chi connectivity index (χ1v) is 8.23. The Labute approximate surface area is 137 Å². The molecule has 0 heterocycles. The Balaban J connectivity index is 1.65. The minimum absolute atomic E-state index is 0.143. The number of hydrogen-bond donors (Lipinski definition) is 1. The predicted octanol–water partition coefficient (Wildman–Crippen LogP) is 4.65. The Morgan fingerprint density at radius 1 is 1.04 bits per heavy atom. The molecule has 0 aromatic heterocycles. The molecule has 1 fully saturated rings. The summed E-state index contributed by atoms with van der Waals surface area (Å²) in [4.78, 5) is 12.2. The molecule has 23 heavy (non-hydrogen) atoms. The lowest BCUT2D eigenvalue weighted by molar-refractivity contribution is 0.0954. The molecule has 1 N–H and O–H groups in total. The van der Waals surface area contributed by atoms with Gasteiger partial charge in [0.1, 0.15) is 0 Å². The molecule has 0 aliphatic heterocycles. The molecule has 1 atom stereocenters. The van der Waals surface area contributed by atoms with Crippen LogP contribution >= 0.6 is 0 Å². The number of nitrogens with one attached hydrogen (secondary N) is 1. The molecule has 2 aromatic carbocycles. The number of carbonyl (C=O) groups excluding carboxylic acids is 1. The van der Waals surface area contributed by atoms with Crippen molar-refractivity contribution in [2.24, 2.45) is 11.0 Å². The molecular formula is C20H22N2O. The summed E-state index contributed by atoms with van der Waals surface area (Å²) in [7, 11) is 0. The summed E-state index contributed by atoms with van der Waals surface area (Å²) >= 11 is 0. The second-order valence-corrected chi connectivity index (χ2v) is 6.26. The highest BCUT2D eigenvalue weighted by Gasteiger charge is 2.14. The van der Waals surface area contributed by atoms with E-state index in [2.05, 4.69) is 29.6 Å².